The summed E-state index contributed by atoms with van der Waals surface area (Å²) < 4.78 is 0. The van der Waals surface area contributed by atoms with Crippen molar-refractivity contribution in [3.8, 4) is 0 Å². The van der Waals surface area contributed by atoms with Gasteiger partial charge in [-0.25, -0.2) is 0 Å². The molecule has 0 spiro atoms. The summed E-state index contributed by atoms with van der Waals surface area (Å²) in [6.07, 6.45) is 4.59. The number of hydrogen-bond acceptors (Lipinski definition) is 6. The average Bonchev–Trinajstić information content (AvgIpc) is 2.82. The third-order valence-electron chi connectivity index (χ3n) is 6.08. The molecule has 1 unspecified atom stereocenters. The number of pyridine rings is 1. The Kier molecular flexibility index (Phi) is 7.35. The first-order chi connectivity index (χ1) is 16.9. The van der Waals surface area contributed by atoms with E-state index in [9.17, 15) is 19.7 Å². The van der Waals surface area contributed by atoms with E-state index in [-0.39, 0.29) is 35.7 Å². The molecule has 1 aliphatic carbocycles. The molecule has 2 aromatic carbocycles. The fourth-order valence-electron chi connectivity index (χ4n) is 3.84. The zero-order chi connectivity index (χ0) is 24.8. The molecule has 1 fully saturated rings. The van der Waals surface area contributed by atoms with Gasteiger partial charge in [0.1, 0.15) is 5.69 Å². The maximum absolute atomic E-state index is 12.7. The molecule has 1 atom stereocenters. The second-order valence-corrected chi connectivity index (χ2v) is 8.61. The number of amides is 2. The fourth-order valence-corrected chi connectivity index (χ4v) is 3.84. The molecule has 9 heteroatoms. The Morgan fingerprint density at radius 1 is 1.11 bits per heavy atom. The molecule has 1 aliphatic rings. The number of aromatic nitrogens is 1. The van der Waals surface area contributed by atoms with Crippen molar-refractivity contribution >= 4 is 28.9 Å². The van der Waals surface area contributed by atoms with Crippen LogP contribution in [0.1, 0.15) is 53.8 Å². The van der Waals surface area contributed by atoms with E-state index < -0.39 is 10.8 Å². The summed E-state index contributed by atoms with van der Waals surface area (Å²) in [4.78, 5) is 40.3. The lowest BCUT2D eigenvalue weighted by Gasteiger charge is -2.24. The van der Waals surface area contributed by atoms with E-state index in [1.807, 2.05) is 43.3 Å². The van der Waals surface area contributed by atoms with Crippen LogP contribution in [0.25, 0.3) is 0 Å². The molecular formula is C26H27N5O4. The molecule has 1 heterocycles. The number of hydrogen-bond donors (Lipinski definition) is 3. The molecule has 180 valence electrons. The Morgan fingerprint density at radius 2 is 1.94 bits per heavy atom. The van der Waals surface area contributed by atoms with E-state index in [2.05, 4.69) is 20.9 Å². The summed E-state index contributed by atoms with van der Waals surface area (Å²) in [6, 6.07) is 16.8. The van der Waals surface area contributed by atoms with Gasteiger partial charge in [-0.3, -0.25) is 24.7 Å². The summed E-state index contributed by atoms with van der Waals surface area (Å²) in [5.74, 6) is -0.323. The van der Waals surface area contributed by atoms with Crippen molar-refractivity contribution in [1.82, 2.24) is 10.3 Å². The van der Waals surface area contributed by atoms with Crippen molar-refractivity contribution in [3.63, 3.8) is 0 Å². The van der Waals surface area contributed by atoms with Gasteiger partial charge in [-0.1, -0.05) is 24.6 Å². The van der Waals surface area contributed by atoms with Crippen molar-refractivity contribution in [1.29, 1.82) is 0 Å². The lowest BCUT2D eigenvalue weighted by molar-refractivity contribution is -0.384. The number of rotatable bonds is 9. The predicted octanol–water partition coefficient (Wildman–Crippen LogP) is 4.83. The molecule has 1 saturated carbocycles. The number of nitro groups is 1. The number of nitro benzene ring substituents is 1. The average molecular weight is 474 g/mol. The zero-order valence-electron chi connectivity index (χ0n) is 19.4. The van der Waals surface area contributed by atoms with Crippen molar-refractivity contribution in [2.75, 3.05) is 10.6 Å². The first-order valence-electron chi connectivity index (χ1n) is 11.5. The highest BCUT2D eigenvalue weighted by atomic mass is 16.6. The molecule has 9 nitrogen and oxygen atoms in total. The summed E-state index contributed by atoms with van der Waals surface area (Å²) in [5, 5.41) is 20.5. The van der Waals surface area contributed by atoms with E-state index in [0.717, 1.165) is 30.5 Å². The highest BCUT2D eigenvalue weighted by Crippen LogP contribution is 2.29. The smallest absolute Gasteiger partial charge is 0.293 e. The van der Waals surface area contributed by atoms with E-state index in [0.29, 0.717) is 11.4 Å². The second-order valence-electron chi connectivity index (χ2n) is 8.61. The molecule has 3 N–H and O–H groups in total. The number of carbonyl (C=O) groups is 2. The first kappa shape index (κ1) is 23.9. The first-order valence-corrected chi connectivity index (χ1v) is 11.5. The van der Waals surface area contributed by atoms with Crippen LogP contribution in [0.3, 0.4) is 0 Å². The summed E-state index contributed by atoms with van der Waals surface area (Å²) in [5.41, 5.74) is 2.53. The third-order valence-corrected chi connectivity index (χ3v) is 6.08. The Bertz CT molecular complexity index is 1230. The van der Waals surface area contributed by atoms with Gasteiger partial charge in [0.25, 0.3) is 11.6 Å². The Balaban J connectivity index is 1.40. The minimum absolute atomic E-state index is 0.0239. The van der Waals surface area contributed by atoms with Crippen LogP contribution in [0.4, 0.5) is 17.1 Å². The number of nitrogens with zero attached hydrogens (tertiary/aromatic N) is 2. The molecule has 3 aromatic rings. The van der Waals surface area contributed by atoms with Gasteiger partial charge in [0, 0.05) is 36.0 Å². The van der Waals surface area contributed by atoms with E-state index >= 15 is 0 Å². The number of nitrogens with one attached hydrogen (secondary N) is 3. The maximum Gasteiger partial charge on any atom is 0.293 e. The van der Waals surface area contributed by atoms with Gasteiger partial charge in [0.05, 0.1) is 16.7 Å². The lowest BCUT2D eigenvalue weighted by Crippen LogP contribution is -2.28. The SMILES string of the molecule is CC(Nc1ccc(C(=O)NCc2cccc(NC(=O)C3CCC3)c2)cc1[N+](=O)[O-])c1ccccn1. The zero-order valence-corrected chi connectivity index (χ0v) is 19.4. The second kappa shape index (κ2) is 10.8. The minimum atomic E-state index is -0.515. The maximum atomic E-state index is 12.7. The normalized spacial score (nSPS) is 13.9. The Morgan fingerprint density at radius 3 is 2.63 bits per heavy atom. The number of carbonyl (C=O) groups excluding carboxylic acids is 2. The van der Waals surface area contributed by atoms with Gasteiger partial charge in [0.15, 0.2) is 0 Å². The summed E-state index contributed by atoms with van der Waals surface area (Å²) >= 11 is 0. The Hall–Kier alpha value is -4.27. The van der Waals surface area contributed by atoms with E-state index in [4.69, 9.17) is 0 Å². The largest absolute Gasteiger partial charge is 0.371 e. The quantitative estimate of drug-likeness (QED) is 0.302. The molecular weight excluding hydrogens is 446 g/mol. The van der Waals surface area contributed by atoms with Gasteiger partial charge in [-0.05, 0) is 61.7 Å². The monoisotopic (exact) mass is 473 g/mol. The van der Waals surface area contributed by atoms with E-state index in [1.165, 1.54) is 12.1 Å². The third kappa shape index (κ3) is 6.00. The molecule has 4 rings (SSSR count). The predicted molar refractivity (Wildman–Crippen MR) is 133 cm³/mol. The Labute approximate surface area is 203 Å². The summed E-state index contributed by atoms with van der Waals surface area (Å²) in [6.45, 7) is 2.08. The van der Waals surface area contributed by atoms with Gasteiger partial charge in [-0.15, -0.1) is 0 Å². The van der Waals surface area contributed by atoms with Crippen LogP contribution in [-0.2, 0) is 11.3 Å². The van der Waals surface area contributed by atoms with Crippen LogP contribution in [0.2, 0.25) is 0 Å². The molecule has 0 radical (unpaired) electrons. The van der Waals surface area contributed by atoms with Crippen LogP contribution in [0.15, 0.2) is 66.9 Å². The van der Waals surface area contributed by atoms with Crippen molar-refractivity contribution < 1.29 is 14.5 Å². The number of anilines is 2. The molecule has 0 bridgehead atoms. The van der Waals surface area contributed by atoms with Crippen molar-refractivity contribution in [3.05, 3.63) is 93.8 Å². The van der Waals surface area contributed by atoms with Crippen LogP contribution in [0.5, 0.6) is 0 Å². The van der Waals surface area contributed by atoms with Crippen LogP contribution < -0.4 is 16.0 Å². The molecule has 0 saturated heterocycles. The van der Waals surface area contributed by atoms with Crippen molar-refractivity contribution in [2.45, 2.75) is 38.8 Å². The molecule has 1 aromatic heterocycles. The van der Waals surface area contributed by atoms with Crippen LogP contribution in [0, 0.1) is 16.0 Å². The molecule has 35 heavy (non-hydrogen) atoms. The van der Waals surface area contributed by atoms with Crippen LogP contribution >= 0.6 is 0 Å². The molecule has 2 amide bonds. The van der Waals surface area contributed by atoms with Gasteiger partial charge in [0.2, 0.25) is 5.91 Å². The highest BCUT2D eigenvalue weighted by molar-refractivity contribution is 5.96. The topological polar surface area (TPSA) is 126 Å². The molecule has 0 aliphatic heterocycles. The standard InChI is InChI=1S/C26H27N5O4/c1-17(22-10-2-3-13-27-22)29-23-12-11-20(15-24(23)31(34)35)25(32)28-16-18-6-4-9-21(14-18)30-26(33)19-7-5-8-19/h2-4,6,9-15,17,19,29H,5,7-8,16H2,1H3,(H,28,32)(H,30,33). The minimum Gasteiger partial charge on any atom is -0.371 e. The fraction of sp³-hybridized carbons (Fsp3) is 0.269. The van der Waals surface area contributed by atoms with Gasteiger partial charge in [-0.2, -0.15) is 0 Å². The van der Waals surface area contributed by atoms with E-state index in [1.54, 1.807) is 18.3 Å². The highest BCUT2D eigenvalue weighted by Gasteiger charge is 2.25. The van der Waals surface area contributed by atoms with Crippen LogP contribution in [-0.4, -0.2) is 21.7 Å². The number of benzene rings is 2. The van der Waals surface area contributed by atoms with Gasteiger partial charge < -0.3 is 16.0 Å². The summed E-state index contributed by atoms with van der Waals surface area (Å²) in [7, 11) is 0. The van der Waals surface area contributed by atoms with Gasteiger partial charge >= 0.3 is 0 Å². The van der Waals surface area contributed by atoms with Crippen molar-refractivity contribution in [2.24, 2.45) is 5.92 Å². The lowest BCUT2D eigenvalue weighted by atomic mass is 9.85.